The molecule has 0 aliphatic heterocycles. The van der Waals surface area contributed by atoms with Crippen LogP contribution in [0.25, 0.3) is 0 Å². The van der Waals surface area contributed by atoms with Crippen LogP contribution in [0.15, 0.2) is 77.7 Å². The van der Waals surface area contributed by atoms with Crippen molar-refractivity contribution in [2.24, 2.45) is 0 Å². The van der Waals surface area contributed by atoms with E-state index in [0.29, 0.717) is 17.3 Å². The molecule has 0 spiro atoms. The van der Waals surface area contributed by atoms with E-state index in [9.17, 15) is 18.0 Å². The SMILES string of the molecule is CCCNC(=O)[C@H](C)N(Cc1ccccc1C)C(=O)CN(c1ccc(Cl)cc1)S(=O)(=O)c1ccc(C)cc1. The summed E-state index contributed by atoms with van der Waals surface area (Å²) in [6.45, 7) is 7.55. The van der Waals surface area contributed by atoms with Crippen molar-refractivity contribution in [1.82, 2.24) is 10.2 Å². The topological polar surface area (TPSA) is 86.8 Å². The van der Waals surface area contributed by atoms with Gasteiger partial charge in [0.1, 0.15) is 12.6 Å². The summed E-state index contributed by atoms with van der Waals surface area (Å²) in [4.78, 5) is 28.3. The minimum atomic E-state index is -4.11. The number of rotatable bonds is 11. The summed E-state index contributed by atoms with van der Waals surface area (Å²) in [6, 6.07) is 19.5. The molecule has 202 valence electrons. The molecule has 0 saturated carbocycles. The lowest BCUT2D eigenvalue weighted by Gasteiger charge is -2.32. The van der Waals surface area contributed by atoms with Crippen LogP contribution in [0.3, 0.4) is 0 Å². The predicted octanol–water partition coefficient (Wildman–Crippen LogP) is 5.10. The largest absolute Gasteiger partial charge is 0.354 e. The number of hydrogen-bond donors (Lipinski definition) is 1. The van der Waals surface area contributed by atoms with E-state index >= 15 is 0 Å². The summed E-state index contributed by atoms with van der Waals surface area (Å²) < 4.78 is 28.6. The van der Waals surface area contributed by atoms with E-state index in [4.69, 9.17) is 11.6 Å². The average molecular weight is 556 g/mol. The van der Waals surface area contributed by atoms with Gasteiger partial charge in [-0.2, -0.15) is 0 Å². The standard InChI is InChI=1S/C29H34ClN3O4S/c1-5-18-31-29(35)23(4)32(19-24-9-7-6-8-22(24)3)28(34)20-33(26-14-12-25(30)13-15-26)38(36,37)27-16-10-21(2)11-17-27/h6-17,23H,5,18-20H2,1-4H3,(H,31,35)/t23-/m0/s1. The van der Waals surface area contributed by atoms with Crippen LogP contribution in [-0.2, 0) is 26.2 Å². The van der Waals surface area contributed by atoms with Gasteiger partial charge >= 0.3 is 0 Å². The molecule has 3 aromatic carbocycles. The van der Waals surface area contributed by atoms with Crippen LogP contribution in [-0.4, -0.2) is 44.3 Å². The zero-order valence-electron chi connectivity index (χ0n) is 22.1. The minimum absolute atomic E-state index is 0.0602. The highest BCUT2D eigenvalue weighted by molar-refractivity contribution is 7.92. The lowest BCUT2D eigenvalue weighted by atomic mass is 10.1. The quantitative estimate of drug-likeness (QED) is 0.357. The van der Waals surface area contributed by atoms with Crippen molar-refractivity contribution in [3.63, 3.8) is 0 Å². The number of aryl methyl sites for hydroxylation is 2. The van der Waals surface area contributed by atoms with E-state index < -0.39 is 28.5 Å². The highest BCUT2D eigenvalue weighted by atomic mass is 35.5. The Kier molecular flexibility index (Phi) is 9.94. The second-order valence-electron chi connectivity index (χ2n) is 9.22. The smallest absolute Gasteiger partial charge is 0.264 e. The first-order chi connectivity index (χ1) is 18.0. The maximum absolute atomic E-state index is 13.9. The number of halogens is 1. The Morgan fingerprint density at radius 2 is 1.58 bits per heavy atom. The molecule has 0 unspecified atom stereocenters. The van der Waals surface area contributed by atoms with E-state index in [1.807, 2.05) is 45.0 Å². The van der Waals surface area contributed by atoms with Gasteiger partial charge in [-0.15, -0.1) is 0 Å². The molecule has 38 heavy (non-hydrogen) atoms. The second kappa shape index (κ2) is 12.9. The number of carbonyl (C=O) groups excluding carboxylic acids is 2. The number of carbonyl (C=O) groups is 2. The molecule has 0 radical (unpaired) electrons. The molecule has 0 heterocycles. The second-order valence-corrected chi connectivity index (χ2v) is 11.5. The van der Waals surface area contributed by atoms with Crippen molar-refractivity contribution >= 4 is 39.1 Å². The van der Waals surface area contributed by atoms with Crippen LogP contribution in [0.5, 0.6) is 0 Å². The van der Waals surface area contributed by atoms with E-state index in [1.54, 1.807) is 43.3 Å². The Balaban J connectivity index is 2.02. The van der Waals surface area contributed by atoms with Gasteiger partial charge in [-0.3, -0.25) is 13.9 Å². The van der Waals surface area contributed by atoms with Gasteiger partial charge in [-0.1, -0.05) is 60.5 Å². The summed E-state index contributed by atoms with van der Waals surface area (Å²) in [5.74, 6) is -0.800. The summed E-state index contributed by atoms with van der Waals surface area (Å²) in [5.41, 5.74) is 3.04. The first kappa shape index (κ1) is 29.2. The molecule has 1 atom stereocenters. The third-order valence-electron chi connectivity index (χ3n) is 6.32. The molecule has 7 nitrogen and oxygen atoms in total. The number of anilines is 1. The van der Waals surface area contributed by atoms with Gasteiger partial charge in [0.2, 0.25) is 11.8 Å². The van der Waals surface area contributed by atoms with Gasteiger partial charge < -0.3 is 10.2 Å². The Hall–Kier alpha value is -3.36. The van der Waals surface area contributed by atoms with Gasteiger partial charge in [-0.05, 0) is 74.7 Å². The van der Waals surface area contributed by atoms with Crippen molar-refractivity contribution in [2.75, 3.05) is 17.4 Å². The molecule has 0 aliphatic carbocycles. The molecule has 3 aromatic rings. The normalized spacial score (nSPS) is 12.0. The zero-order chi connectivity index (χ0) is 27.9. The van der Waals surface area contributed by atoms with Crippen LogP contribution in [0.4, 0.5) is 5.69 Å². The van der Waals surface area contributed by atoms with E-state index in [2.05, 4.69) is 5.32 Å². The summed E-state index contributed by atoms with van der Waals surface area (Å²) >= 11 is 6.06. The number of amides is 2. The van der Waals surface area contributed by atoms with Gasteiger partial charge in [0.15, 0.2) is 0 Å². The van der Waals surface area contributed by atoms with Crippen LogP contribution in [0.1, 0.15) is 37.0 Å². The highest BCUT2D eigenvalue weighted by Crippen LogP contribution is 2.26. The van der Waals surface area contributed by atoms with Crippen molar-refractivity contribution in [3.05, 3.63) is 94.5 Å². The number of nitrogens with one attached hydrogen (secondary N) is 1. The first-order valence-corrected chi connectivity index (χ1v) is 14.3. The maximum Gasteiger partial charge on any atom is 0.264 e. The Morgan fingerprint density at radius 1 is 0.947 bits per heavy atom. The van der Waals surface area contributed by atoms with E-state index in [1.165, 1.54) is 17.0 Å². The van der Waals surface area contributed by atoms with Crippen molar-refractivity contribution in [2.45, 2.75) is 51.6 Å². The number of benzene rings is 3. The van der Waals surface area contributed by atoms with Gasteiger partial charge in [0.05, 0.1) is 10.6 Å². The van der Waals surface area contributed by atoms with Crippen LogP contribution < -0.4 is 9.62 Å². The molecule has 0 bridgehead atoms. The molecule has 2 amide bonds. The van der Waals surface area contributed by atoms with Crippen LogP contribution in [0.2, 0.25) is 5.02 Å². The molecule has 0 saturated heterocycles. The minimum Gasteiger partial charge on any atom is -0.354 e. The van der Waals surface area contributed by atoms with Crippen molar-refractivity contribution < 1.29 is 18.0 Å². The fourth-order valence-electron chi connectivity index (χ4n) is 3.92. The van der Waals surface area contributed by atoms with Crippen LogP contribution >= 0.6 is 11.6 Å². The number of sulfonamides is 1. The lowest BCUT2D eigenvalue weighted by Crippen LogP contribution is -2.51. The van der Waals surface area contributed by atoms with E-state index in [0.717, 1.165) is 27.4 Å². The molecule has 1 N–H and O–H groups in total. The Bertz CT molecular complexity index is 1360. The summed E-state index contributed by atoms with van der Waals surface area (Å²) in [6.07, 6.45) is 0.753. The molecular weight excluding hydrogens is 522 g/mol. The fraction of sp³-hybridized carbons (Fsp3) is 0.310. The lowest BCUT2D eigenvalue weighted by molar-refractivity contribution is -0.139. The maximum atomic E-state index is 13.9. The van der Waals surface area contributed by atoms with Gasteiger partial charge in [-0.25, -0.2) is 8.42 Å². The third kappa shape index (κ3) is 7.14. The van der Waals surface area contributed by atoms with Crippen molar-refractivity contribution in [3.8, 4) is 0 Å². The van der Waals surface area contributed by atoms with Crippen molar-refractivity contribution in [1.29, 1.82) is 0 Å². The molecule has 0 aliphatic rings. The number of nitrogens with zero attached hydrogens (tertiary/aromatic N) is 2. The monoisotopic (exact) mass is 555 g/mol. The average Bonchev–Trinajstić information content (AvgIpc) is 2.90. The molecule has 0 fully saturated rings. The summed E-state index contributed by atoms with van der Waals surface area (Å²) in [7, 11) is -4.11. The molecule has 0 aromatic heterocycles. The summed E-state index contributed by atoms with van der Waals surface area (Å²) in [5, 5.41) is 3.28. The highest BCUT2D eigenvalue weighted by Gasteiger charge is 2.32. The Morgan fingerprint density at radius 3 is 2.18 bits per heavy atom. The van der Waals surface area contributed by atoms with E-state index in [-0.39, 0.29) is 17.3 Å². The van der Waals surface area contributed by atoms with Gasteiger partial charge in [0, 0.05) is 18.1 Å². The molecule has 3 rings (SSSR count). The Labute approximate surface area is 230 Å². The van der Waals surface area contributed by atoms with Crippen LogP contribution in [0, 0.1) is 13.8 Å². The molecule has 9 heteroatoms. The fourth-order valence-corrected chi connectivity index (χ4v) is 5.46. The third-order valence-corrected chi connectivity index (χ3v) is 8.36. The zero-order valence-corrected chi connectivity index (χ0v) is 23.7. The predicted molar refractivity (Wildman–Crippen MR) is 152 cm³/mol. The number of hydrogen-bond acceptors (Lipinski definition) is 4. The molecular formula is C29H34ClN3O4S. The first-order valence-electron chi connectivity index (χ1n) is 12.5. The van der Waals surface area contributed by atoms with Gasteiger partial charge in [0.25, 0.3) is 10.0 Å².